The van der Waals surface area contributed by atoms with Gasteiger partial charge in [0, 0.05) is 18.4 Å². The van der Waals surface area contributed by atoms with Gasteiger partial charge < -0.3 is 15.4 Å². The van der Waals surface area contributed by atoms with Crippen LogP contribution < -0.4 is 10.6 Å². The van der Waals surface area contributed by atoms with Crippen molar-refractivity contribution in [3.8, 4) is 0 Å². The van der Waals surface area contributed by atoms with Crippen LogP contribution in [-0.4, -0.2) is 19.4 Å². The van der Waals surface area contributed by atoms with Gasteiger partial charge in [0.2, 0.25) is 0 Å². The number of carbonyl (C=O) groups is 1. The van der Waals surface area contributed by atoms with Gasteiger partial charge in [-0.3, -0.25) is 0 Å². The molecule has 2 N–H and O–H groups in total. The van der Waals surface area contributed by atoms with Gasteiger partial charge in [-0.05, 0) is 47.7 Å². The van der Waals surface area contributed by atoms with Gasteiger partial charge in [-0.1, -0.05) is 44.5 Å². The van der Waals surface area contributed by atoms with Crippen molar-refractivity contribution in [2.75, 3.05) is 17.7 Å². The van der Waals surface area contributed by atoms with Gasteiger partial charge in [0.25, 0.3) is 0 Å². The molecule has 2 aromatic rings. The predicted molar refractivity (Wildman–Crippen MR) is 98.2 cm³/mol. The van der Waals surface area contributed by atoms with E-state index in [-0.39, 0.29) is 6.04 Å². The lowest BCUT2D eigenvalue weighted by Crippen LogP contribution is -2.28. The molecule has 122 valence electrons. The Bertz CT molecular complexity index is 605. The maximum Gasteiger partial charge on any atom is 0.142 e. The molecule has 2 aromatic carbocycles. The van der Waals surface area contributed by atoms with Crippen molar-refractivity contribution < 1.29 is 4.79 Å². The third kappa shape index (κ3) is 4.85. The molecule has 0 fully saturated rings. The highest BCUT2D eigenvalue weighted by Gasteiger charge is 2.14. The van der Waals surface area contributed by atoms with E-state index in [0.29, 0.717) is 5.92 Å². The molecular weight excluding hydrogens is 284 g/mol. The molecule has 23 heavy (non-hydrogen) atoms. The van der Waals surface area contributed by atoms with Crippen molar-refractivity contribution in [3.05, 3.63) is 59.7 Å². The van der Waals surface area contributed by atoms with Gasteiger partial charge in [-0.25, -0.2) is 0 Å². The highest BCUT2D eigenvalue weighted by atomic mass is 16.1. The molecule has 0 aliphatic carbocycles. The average Bonchev–Trinajstić information content (AvgIpc) is 2.61. The predicted octanol–water partition coefficient (Wildman–Crippen LogP) is 4.34. The summed E-state index contributed by atoms with van der Waals surface area (Å²) >= 11 is 0. The van der Waals surface area contributed by atoms with Crippen molar-refractivity contribution in [2.45, 2.75) is 32.7 Å². The first-order valence-electron chi connectivity index (χ1n) is 8.23. The number of carbonyl (C=O) groups excluding carboxylic acids is 1. The Morgan fingerprint density at radius 1 is 0.957 bits per heavy atom. The summed E-state index contributed by atoms with van der Waals surface area (Å²) in [6, 6.07) is 16.7. The minimum absolute atomic E-state index is 0.125. The summed E-state index contributed by atoms with van der Waals surface area (Å²) in [6.07, 6.45) is 2.90. The monoisotopic (exact) mass is 310 g/mol. The summed E-state index contributed by atoms with van der Waals surface area (Å²) in [4.78, 5) is 11.2. The molecule has 0 saturated heterocycles. The molecule has 0 heterocycles. The molecular formula is C20H26N2O. The van der Waals surface area contributed by atoms with E-state index < -0.39 is 0 Å². The number of hydrogen-bond acceptors (Lipinski definition) is 3. The van der Waals surface area contributed by atoms with Gasteiger partial charge in [-0.15, -0.1) is 0 Å². The van der Waals surface area contributed by atoms with Crippen molar-refractivity contribution >= 4 is 17.7 Å². The second-order valence-corrected chi connectivity index (χ2v) is 6.01. The lowest BCUT2D eigenvalue weighted by molar-refractivity contribution is -0.109. The fourth-order valence-electron chi connectivity index (χ4n) is 2.50. The number of anilines is 2. The Balaban J connectivity index is 1.99. The largest absolute Gasteiger partial charge is 0.388 e. The van der Waals surface area contributed by atoms with E-state index in [9.17, 15) is 4.79 Å². The Kier molecular flexibility index (Phi) is 6.21. The third-order valence-corrected chi connectivity index (χ3v) is 4.34. The second-order valence-electron chi connectivity index (χ2n) is 6.01. The molecule has 2 rings (SSSR count). The van der Waals surface area contributed by atoms with Gasteiger partial charge >= 0.3 is 0 Å². The van der Waals surface area contributed by atoms with E-state index in [0.717, 1.165) is 30.5 Å². The maximum atomic E-state index is 11.2. The first kappa shape index (κ1) is 17.1. The molecule has 0 radical (unpaired) electrons. The molecule has 0 saturated carbocycles. The van der Waals surface area contributed by atoms with Gasteiger partial charge in [-0.2, -0.15) is 0 Å². The highest BCUT2D eigenvalue weighted by Crippen LogP contribution is 2.18. The third-order valence-electron chi connectivity index (χ3n) is 4.34. The fourth-order valence-corrected chi connectivity index (χ4v) is 2.50. The SMILES string of the molecule is CC[C@H](C)[C@@H](C=O)Nc1ccc(Cc2ccc(NC)cc2)cc1. The topological polar surface area (TPSA) is 41.1 Å². The molecule has 0 aliphatic rings. The molecule has 3 nitrogen and oxygen atoms in total. The lowest BCUT2D eigenvalue weighted by Gasteiger charge is -2.20. The molecule has 3 heteroatoms. The molecule has 2 atom stereocenters. The zero-order valence-electron chi connectivity index (χ0n) is 14.2. The number of nitrogens with one attached hydrogen (secondary N) is 2. The Hall–Kier alpha value is -2.29. The van der Waals surface area contributed by atoms with Crippen LogP contribution in [-0.2, 0) is 11.2 Å². The zero-order chi connectivity index (χ0) is 16.7. The lowest BCUT2D eigenvalue weighted by atomic mass is 10.00. The van der Waals surface area contributed by atoms with E-state index in [2.05, 4.69) is 73.0 Å². The second kappa shape index (κ2) is 8.37. The van der Waals surface area contributed by atoms with Crippen LogP contribution in [0.3, 0.4) is 0 Å². The first-order valence-corrected chi connectivity index (χ1v) is 8.23. The zero-order valence-corrected chi connectivity index (χ0v) is 14.2. The van der Waals surface area contributed by atoms with Crippen molar-refractivity contribution in [3.63, 3.8) is 0 Å². The van der Waals surface area contributed by atoms with Crippen LogP contribution in [0.4, 0.5) is 11.4 Å². The fraction of sp³-hybridized carbons (Fsp3) is 0.350. The van der Waals surface area contributed by atoms with Crippen LogP contribution in [0.25, 0.3) is 0 Å². The van der Waals surface area contributed by atoms with Gasteiger partial charge in [0.05, 0.1) is 6.04 Å². The average molecular weight is 310 g/mol. The van der Waals surface area contributed by atoms with Gasteiger partial charge in [0.15, 0.2) is 0 Å². The Morgan fingerprint density at radius 3 is 1.91 bits per heavy atom. The summed E-state index contributed by atoms with van der Waals surface area (Å²) < 4.78 is 0. The number of aldehydes is 1. The van der Waals surface area contributed by atoms with E-state index in [1.807, 2.05) is 7.05 Å². The summed E-state index contributed by atoms with van der Waals surface area (Å²) in [7, 11) is 1.92. The summed E-state index contributed by atoms with van der Waals surface area (Å²) in [6.45, 7) is 4.19. The molecule has 0 amide bonds. The Labute approximate surface area is 139 Å². The molecule has 0 spiro atoms. The van der Waals surface area contributed by atoms with Crippen LogP contribution in [0.2, 0.25) is 0 Å². The van der Waals surface area contributed by atoms with Crippen molar-refractivity contribution in [2.24, 2.45) is 5.92 Å². The van der Waals surface area contributed by atoms with Crippen molar-refractivity contribution in [1.29, 1.82) is 0 Å². The maximum absolute atomic E-state index is 11.2. The molecule has 0 bridgehead atoms. The quantitative estimate of drug-likeness (QED) is 0.712. The van der Waals surface area contributed by atoms with Crippen LogP contribution in [0, 0.1) is 5.92 Å². The van der Waals surface area contributed by atoms with Crippen LogP contribution >= 0.6 is 0 Å². The normalized spacial score (nSPS) is 13.2. The van der Waals surface area contributed by atoms with Crippen molar-refractivity contribution in [1.82, 2.24) is 0 Å². The van der Waals surface area contributed by atoms with E-state index in [1.165, 1.54) is 11.1 Å². The molecule has 0 aliphatic heterocycles. The summed E-state index contributed by atoms with van der Waals surface area (Å²) in [5.41, 5.74) is 4.67. The smallest absolute Gasteiger partial charge is 0.142 e. The van der Waals surface area contributed by atoms with E-state index >= 15 is 0 Å². The number of hydrogen-bond donors (Lipinski definition) is 2. The van der Waals surface area contributed by atoms with Crippen LogP contribution in [0.5, 0.6) is 0 Å². The number of rotatable bonds is 8. The standard InChI is InChI=1S/C20H26N2O/c1-4-15(2)20(14-23)22-19-11-7-17(8-12-19)13-16-5-9-18(21-3)10-6-16/h5-12,14-15,20-22H,4,13H2,1-3H3/t15-,20+/m0/s1. The summed E-state index contributed by atoms with van der Waals surface area (Å²) in [5, 5.41) is 6.44. The minimum Gasteiger partial charge on any atom is -0.388 e. The minimum atomic E-state index is -0.125. The highest BCUT2D eigenvalue weighted by molar-refractivity contribution is 5.65. The van der Waals surface area contributed by atoms with Gasteiger partial charge in [0.1, 0.15) is 6.29 Å². The van der Waals surface area contributed by atoms with Crippen LogP contribution in [0.15, 0.2) is 48.5 Å². The molecule has 0 unspecified atom stereocenters. The Morgan fingerprint density at radius 2 is 1.48 bits per heavy atom. The van der Waals surface area contributed by atoms with E-state index in [1.54, 1.807) is 0 Å². The van der Waals surface area contributed by atoms with Crippen LogP contribution in [0.1, 0.15) is 31.4 Å². The summed E-state index contributed by atoms with van der Waals surface area (Å²) in [5.74, 6) is 0.331. The van der Waals surface area contributed by atoms with E-state index in [4.69, 9.17) is 0 Å². The number of benzene rings is 2. The molecule has 0 aromatic heterocycles. The first-order chi connectivity index (χ1) is 11.2.